The third-order valence-electron chi connectivity index (χ3n) is 4.92. The third kappa shape index (κ3) is 2.62. The highest BCUT2D eigenvalue weighted by Gasteiger charge is 2.48. The minimum Gasteiger partial charge on any atom is -0.342 e. The molecular formula is C14H22N4O3. The van der Waals surface area contributed by atoms with E-state index in [4.69, 9.17) is 0 Å². The predicted octanol–water partition coefficient (Wildman–Crippen LogP) is -0.425. The normalized spacial score (nSPS) is 32.0. The fourth-order valence-corrected chi connectivity index (χ4v) is 3.60. The molecule has 7 nitrogen and oxygen atoms in total. The van der Waals surface area contributed by atoms with Crippen molar-refractivity contribution in [3.05, 3.63) is 0 Å². The van der Waals surface area contributed by atoms with E-state index in [-0.39, 0.29) is 17.7 Å². The van der Waals surface area contributed by atoms with Gasteiger partial charge in [0, 0.05) is 25.0 Å². The number of rotatable bonds is 1. The van der Waals surface area contributed by atoms with Gasteiger partial charge in [-0.2, -0.15) is 0 Å². The lowest BCUT2D eigenvalue weighted by atomic mass is 9.86. The molecule has 1 spiro atoms. The molecule has 3 N–H and O–H groups in total. The fraction of sp³-hybridized carbons (Fsp3) is 0.786. The van der Waals surface area contributed by atoms with E-state index in [1.807, 2.05) is 4.90 Å². The van der Waals surface area contributed by atoms with Crippen LogP contribution in [-0.2, 0) is 9.59 Å². The van der Waals surface area contributed by atoms with Crippen LogP contribution in [0.3, 0.4) is 0 Å². The van der Waals surface area contributed by atoms with Gasteiger partial charge < -0.3 is 15.5 Å². The predicted molar refractivity (Wildman–Crippen MR) is 75.4 cm³/mol. The Morgan fingerprint density at radius 3 is 2.57 bits per heavy atom. The van der Waals surface area contributed by atoms with Crippen LogP contribution in [-0.4, -0.2) is 54.0 Å². The summed E-state index contributed by atoms with van der Waals surface area (Å²) in [7, 11) is 0. The van der Waals surface area contributed by atoms with Crippen LogP contribution in [0.15, 0.2) is 0 Å². The number of urea groups is 1. The van der Waals surface area contributed by atoms with Crippen LogP contribution < -0.4 is 16.0 Å². The number of carbonyl (C=O) groups excluding carboxylic acids is 3. The van der Waals surface area contributed by atoms with E-state index in [1.165, 1.54) is 0 Å². The minimum absolute atomic E-state index is 0.0855. The molecule has 0 aliphatic carbocycles. The first-order valence-electron chi connectivity index (χ1n) is 7.66. The Kier molecular flexibility index (Phi) is 3.61. The molecule has 3 aliphatic rings. The monoisotopic (exact) mass is 294 g/mol. The van der Waals surface area contributed by atoms with Crippen molar-refractivity contribution in [1.82, 2.24) is 20.9 Å². The standard InChI is InChI=1S/C14H22N4O3/c1-9-8-10(2-5-15-9)11(19)18-6-3-14(4-7-18)12(20)16-13(21)17-14/h9-10,15H,2-8H2,1H3,(H2,16,17,20,21). The molecule has 3 fully saturated rings. The molecule has 0 aromatic carbocycles. The largest absolute Gasteiger partial charge is 0.342 e. The summed E-state index contributed by atoms with van der Waals surface area (Å²) in [5.41, 5.74) is -0.796. The molecule has 3 heterocycles. The van der Waals surface area contributed by atoms with Crippen molar-refractivity contribution in [1.29, 1.82) is 0 Å². The second kappa shape index (κ2) is 5.29. The summed E-state index contributed by atoms with van der Waals surface area (Å²) in [5, 5.41) is 8.36. The lowest BCUT2D eigenvalue weighted by molar-refractivity contribution is -0.140. The maximum absolute atomic E-state index is 12.6. The molecule has 3 rings (SSSR count). The number of piperidine rings is 2. The average molecular weight is 294 g/mol. The average Bonchev–Trinajstić information content (AvgIpc) is 2.73. The van der Waals surface area contributed by atoms with Crippen molar-refractivity contribution in [3.8, 4) is 0 Å². The Morgan fingerprint density at radius 2 is 2.00 bits per heavy atom. The summed E-state index contributed by atoms with van der Waals surface area (Å²) in [6, 6.07) is -0.0457. The molecule has 2 atom stereocenters. The molecule has 2 unspecified atom stereocenters. The number of hydrogen-bond acceptors (Lipinski definition) is 4. The molecule has 0 radical (unpaired) electrons. The number of nitrogens with zero attached hydrogens (tertiary/aromatic N) is 1. The lowest BCUT2D eigenvalue weighted by Gasteiger charge is -2.39. The molecular weight excluding hydrogens is 272 g/mol. The molecule has 0 bridgehead atoms. The van der Waals surface area contributed by atoms with Gasteiger partial charge >= 0.3 is 6.03 Å². The summed E-state index contributed by atoms with van der Waals surface area (Å²) in [4.78, 5) is 37.6. The number of amides is 4. The molecule has 3 saturated heterocycles. The highest BCUT2D eigenvalue weighted by Crippen LogP contribution is 2.28. The van der Waals surface area contributed by atoms with Gasteiger partial charge in [0.2, 0.25) is 5.91 Å². The van der Waals surface area contributed by atoms with E-state index in [9.17, 15) is 14.4 Å². The van der Waals surface area contributed by atoms with Crippen LogP contribution in [0.25, 0.3) is 0 Å². The number of nitrogens with one attached hydrogen (secondary N) is 3. The zero-order chi connectivity index (χ0) is 15.0. The van der Waals surface area contributed by atoms with Gasteiger partial charge in [-0.15, -0.1) is 0 Å². The van der Waals surface area contributed by atoms with Crippen molar-refractivity contribution >= 4 is 17.8 Å². The van der Waals surface area contributed by atoms with Crippen LogP contribution in [0.4, 0.5) is 4.79 Å². The molecule has 4 amide bonds. The second-order valence-corrected chi connectivity index (χ2v) is 6.39. The summed E-state index contributed by atoms with van der Waals surface area (Å²) in [6.45, 7) is 4.05. The van der Waals surface area contributed by atoms with Gasteiger partial charge in [0.1, 0.15) is 5.54 Å². The highest BCUT2D eigenvalue weighted by molar-refractivity contribution is 6.07. The van der Waals surface area contributed by atoms with Crippen molar-refractivity contribution in [2.24, 2.45) is 5.92 Å². The van der Waals surface area contributed by atoms with Gasteiger partial charge in [-0.25, -0.2) is 4.79 Å². The molecule has 0 aromatic rings. The number of likely N-dealkylation sites (tertiary alicyclic amines) is 1. The molecule has 3 aliphatic heterocycles. The van der Waals surface area contributed by atoms with E-state index in [1.54, 1.807) is 0 Å². The number of carbonyl (C=O) groups is 3. The van der Waals surface area contributed by atoms with Gasteiger partial charge in [0.05, 0.1) is 0 Å². The van der Waals surface area contributed by atoms with Crippen molar-refractivity contribution in [3.63, 3.8) is 0 Å². The maximum atomic E-state index is 12.6. The van der Waals surface area contributed by atoms with Crippen LogP contribution in [0.2, 0.25) is 0 Å². The van der Waals surface area contributed by atoms with Crippen LogP contribution in [0.5, 0.6) is 0 Å². The third-order valence-corrected chi connectivity index (χ3v) is 4.92. The Morgan fingerprint density at radius 1 is 1.29 bits per heavy atom. The number of hydrogen-bond donors (Lipinski definition) is 3. The summed E-state index contributed by atoms with van der Waals surface area (Å²) >= 11 is 0. The molecule has 0 saturated carbocycles. The van der Waals surface area contributed by atoms with Crippen LogP contribution in [0, 0.1) is 5.92 Å². The zero-order valence-corrected chi connectivity index (χ0v) is 12.3. The van der Waals surface area contributed by atoms with Gasteiger partial charge in [0.15, 0.2) is 0 Å². The first-order chi connectivity index (χ1) is 10.00. The Bertz CT molecular complexity index is 471. The van der Waals surface area contributed by atoms with Gasteiger partial charge in [-0.05, 0) is 39.2 Å². The Balaban J connectivity index is 1.59. The molecule has 21 heavy (non-hydrogen) atoms. The Hall–Kier alpha value is -1.63. The maximum Gasteiger partial charge on any atom is 0.322 e. The molecule has 0 aromatic heterocycles. The van der Waals surface area contributed by atoms with Crippen molar-refractivity contribution < 1.29 is 14.4 Å². The summed E-state index contributed by atoms with van der Waals surface area (Å²) < 4.78 is 0. The quantitative estimate of drug-likeness (QED) is 0.573. The first kappa shape index (κ1) is 14.3. The first-order valence-corrected chi connectivity index (χ1v) is 7.66. The van der Waals surface area contributed by atoms with Gasteiger partial charge in [0.25, 0.3) is 5.91 Å². The highest BCUT2D eigenvalue weighted by atomic mass is 16.2. The van der Waals surface area contributed by atoms with Gasteiger partial charge in [-0.3, -0.25) is 14.9 Å². The van der Waals surface area contributed by atoms with E-state index >= 15 is 0 Å². The summed E-state index contributed by atoms with van der Waals surface area (Å²) in [5.74, 6) is 0.0281. The smallest absolute Gasteiger partial charge is 0.322 e. The van der Waals surface area contributed by atoms with Crippen LogP contribution in [0.1, 0.15) is 32.6 Å². The van der Waals surface area contributed by atoms with E-state index < -0.39 is 11.6 Å². The summed E-state index contributed by atoms with van der Waals surface area (Å²) in [6.07, 6.45) is 2.74. The molecule has 7 heteroatoms. The second-order valence-electron chi connectivity index (χ2n) is 6.39. The fourth-order valence-electron chi connectivity index (χ4n) is 3.60. The topological polar surface area (TPSA) is 90.5 Å². The molecule has 116 valence electrons. The van der Waals surface area contributed by atoms with E-state index in [0.717, 1.165) is 19.4 Å². The van der Waals surface area contributed by atoms with Gasteiger partial charge in [-0.1, -0.05) is 0 Å². The van der Waals surface area contributed by atoms with E-state index in [0.29, 0.717) is 32.0 Å². The Labute approximate surface area is 123 Å². The number of imide groups is 1. The van der Waals surface area contributed by atoms with Crippen molar-refractivity contribution in [2.75, 3.05) is 19.6 Å². The van der Waals surface area contributed by atoms with E-state index in [2.05, 4.69) is 22.9 Å². The minimum atomic E-state index is -0.796. The lowest BCUT2D eigenvalue weighted by Crippen LogP contribution is -2.57. The van der Waals surface area contributed by atoms with Crippen LogP contribution >= 0.6 is 0 Å². The SMILES string of the molecule is CC1CC(C(=O)N2CCC3(CC2)NC(=O)NC3=O)CCN1. The zero-order valence-electron chi connectivity index (χ0n) is 12.3. The van der Waals surface area contributed by atoms with Crippen molar-refractivity contribution in [2.45, 2.75) is 44.2 Å².